The minimum atomic E-state index is 0.103. The maximum atomic E-state index is 12.8. The summed E-state index contributed by atoms with van der Waals surface area (Å²) in [5, 5.41) is 17.7. The van der Waals surface area contributed by atoms with Crippen LogP contribution in [0.3, 0.4) is 0 Å². The lowest BCUT2D eigenvalue weighted by molar-refractivity contribution is -0.112. The summed E-state index contributed by atoms with van der Waals surface area (Å²) in [6.45, 7) is 0. The molecule has 1 aromatic carbocycles. The van der Waals surface area contributed by atoms with E-state index in [1.807, 2.05) is 42.5 Å². The standard InChI is InChI=1S/C21H16N2OS/c22-11-17-5-1-15(2-6-17)9-19-13-25-14-20(21(19)24)10-16-3-7-18(12-23)8-4-16/h1-3,5-10,16H,4,13-14H2/b19-9+,20-10+. The van der Waals surface area contributed by atoms with E-state index in [0.29, 0.717) is 16.9 Å². The van der Waals surface area contributed by atoms with Gasteiger partial charge in [0.25, 0.3) is 0 Å². The summed E-state index contributed by atoms with van der Waals surface area (Å²) < 4.78 is 0. The monoisotopic (exact) mass is 344 g/mol. The van der Waals surface area contributed by atoms with E-state index in [2.05, 4.69) is 12.1 Å². The quantitative estimate of drug-likeness (QED) is 0.754. The minimum absolute atomic E-state index is 0.103. The average molecular weight is 344 g/mol. The van der Waals surface area contributed by atoms with Crippen molar-refractivity contribution in [1.29, 1.82) is 10.5 Å². The Morgan fingerprint density at radius 3 is 2.48 bits per heavy atom. The van der Waals surface area contributed by atoms with Crippen molar-refractivity contribution >= 4 is 23.6 Å². The largest absolute Gasteiger partial charge is 0.289 e. The predicted molar refractivity (Wildman–Crippen MR) is 100 cm³/mol. The van der Waals surface area contributed by atoms with Crippen LogP contribution >= 0.6 is 11.8 Å². The van der Waals surface area contributed by atoms with E-state index in [9.17, 15) is 4.79 Å². The molecule has 0 aromatic heterocycles. The van der Waals surface area contributed by atoms with Crippen molar-refractivity contribution in [2.24, 2.45) is 5.92 Å². The van der Waals surface area contributed by atoms with Crippen LogP contribution in [0.1, 0.15) is 17.5 Å². The molecule has 0 saturated carbocycles. The van der Waals surface area contributed by atoms with Crippen molar-refractivity contribution in [3.05, 3.63) is 76.4 Å². The molecule has 0 radical (unpaired) electrons. The zero-order valence-corrected chi connectivity index (χ0v) is 14.4. The van der Waals surface area contributed by atoms with Gasteiger partial charge in [0, 0.05) is 28.2 Å². The highest BCUT2D eigenvalue weighted by atomic mass is 32.2. The SMILES string of the molecule is N#CC1=CCC(/C=C2\CSC/C(=C\c3ccc(C#N)cc3)C2=O)C=C1. The van der Waals surface area contributed by atoms with Gasteiger partial charge in [-0.1, -0.05) is 30.4 Å². The number of hydrogen-bond acceptors (Lipinski definition) is 4. The van der Waals surface area contributed by atoms with Gasteiger partial charge >= 0.3 is 0 Å². The Morgan fingerprint density at radius 2 is 1.84 bits per heavy atom. The van der Waals surface area contributed by atoms with E-state index >= 15 is 0 Å². The number of ketones is 1. The molecule has 1 aliphatic heterocycles. The van der Waals surface area contributed by atoms with Gasteiger partial charge in [0.05, 0.1) is 17.7 Å². The Morgan fingerprint density at radius 1 is 1.08 bits per heavy atom. The number of benzene rings is 1. The van der Waals surface area contributed by atoms with Crippen LogP contribution in [0.4, 0.5) is 0 Å². The molecule has 0 spiro atoms. The van der Waals surface area contributed by atoms with Crippen molar-refractivity contribution in [3.63, 3.8) is 0 Å². The van der Waals surface area contributed by atoms with Crippen molar-refractivity contribution in [2.45, 2.75) is 6.42 Å². The zero-order valence-electron chi connectivity index (χ0n) is 13.6. The summed E-state index contributed by atoms with van der Waals surface area (Å²) in [6.07, 6.45) is 10.4. The second-order valence-electron chi connectivity index (χ2n) is 5.95. The Hall–Kier alpha value is -2.82. The molecule has 1 aromatic rings. The highest BCUT2D eigenvalue weighted by Gasteiger charge is 2.22. The molecule has 122 valence electrons. The fourth-order valence-corrected chi connectivity index (χ4v) is 3.78. The number of carbonyl (C=O) groups is 1. The van der Waals surface area contributed by atoms with Crippen molar-refractivity contribution in [1.82, 2.24) is 0 Å². The fraction of sp³-hybridized carbons (Fsp3) is 0.190. The smallest absolute Gasteiger partial charge is 0.186 e. The number of nitrogens with zero attached hydrogens (tertiary/aromatic N) is 2. The highest BCUT2D eigenvalue weighted by Crippen LogP contribution is 2.28. The van der Waals surface area contributed by atoms with Crippen molar-refractivity contribution < 1.29 is 4.79 Å². The maximum absolute atomic E-state index is 12.8. The van der Waals surface area contributed by atoms with Crippen LogP contribution in [-0.4, -0.2) is 17.3 Å². The summed E-state index contributed by atoms with van der Waals surface area (Å²) in [5.41, 5.74) is 3.85. The molecule has 3 rings (SSSR count). The summed E-state index contributed by atoms with van der Waals surface area (Å²) >= 11 is 1.73. The number of allylic oxidation sites excluding steroid dienone is 5. The third kappa shape index (κ3) is 4.18. The van der Waals surface area contributed by atoms with Crippen LogP contribution in [0.15, 0.2) is 65.3 Å². The lowest BCUT2D eigenvalue weighted by Crippen LogP contribution is -2.17. The van der Waals surface area contributed by atoms with Gasteiger partial charge in [0.15, 0.2) is 5.78 Å². The molecule has 1 atom stereocenters. The van der Waals surface area contributed by atoms with Gasteiger partial charge in [0.2, 0.25) is 0 Å². The molecule has 1 saturated heterocycles. The van der Waals surface area contributed by atoms with Gasteiger partial charge in [-0.2, -0.15) is 22.3 Å². The van der Waals surface area contributed by atoms with Crippen LogP contribution < -0.4 is 0 Å². The minimum Gasteiger partial charge on any atom is -0.289 e. The number of nitriles is 2. The van der Waals surface area contributed by atoms with E-state index in [1.54, 1.807) is 23.9 Å². The first-order valence-electron chi connectivity index (χ1n) is 8.02. The fourth-order valence-electron chi connectivity index (χ4n) is 2.80. The van der Waals surface area contributed by atoms with Gasteiger partial charge in [0.1, 0.15) is 0 Å². The van der Waals surface area contributed by atoms with E-state index in [1.165, 1.54) is 0 Å². The molecular weight excluding hydrogens is 328 g/mol. The second-order valence-corrected chi connectivity index (χ2v) is 6.93. The summed E-state index contributed by atoms with van der Waals surface area (Å²) in [4.78, 5) is 12.8. The van der Waals surface area contributed by atoms with Crippen LogP contribution in [0.5, 0.6) is 0 Å². The molecule has 2 aliphatic rings. The first kappa shape index (κ1) is 17.0. The molecule has 0 amide bonds. The highest BCUT2D eigenvalue weighted by molar-refractivity contribution is 7.99. The van der Waals surface area contributed by atoms with Gasteiger partial charge in [-0.05, 0) is 42.2 Å². The number of hydrogen-bond donors (Lipinski definition) is 0. The molecule has 0 bridgehead atoms. The van der Waals surface area contributed by atoms with Crippen LogP contribution in [-0.2, 0) is 4.79 Å². The number of thioether (sulfide) groups is 1. The van der Waals surface area contributed by atoms with Crippen molar-refractivity contribution in [2.75, 3.05) is 11.5 Å². The first-order chi connectivity index (χ1) is 12.2. The summed E-state index contributed by atoms with van der Waals surface area (Å²) in [6, 6.07) is 11.5. The molecule has 0 N–H and O–H groups in total. The van der Waals surface area contributed by atoms with E-state index < -0.39 is 0 Å². The Bertz CT molecular complexity index is 889. The predicted octanol–water partition coefficient (Wildman–Crippen LogP) is 4.21. The first-order valence-corrected chi connectivity index (χ1v) is 9.17. The molecule has 1 aliphatic carbocycles. The zero-order chi connectivity index (χ0) is 17.6. The Labute approximate surface area is 151 Å². The molecule has 4 heteroatoms. The topological polar surface area (TPSA) is 64.7 Å². The average Bonchev–Trinajstić information content (AvgIpc) is 2.66. The molecule has 25 heavy (non-hydrogen) atoms. The lowest BCUT2D eigenvalue weighted by Gasteiger charge is -2.18. The third-order valence-corrected chi connectivity index (χ3v) is 5.19. The van der Waals surface area contributed by atoms with E-state index in [0.717, 1.165) is 28.9 Å². The second kappa shape index (κ2) is 7.83. The van der Waals surface area contributed by atoms with E-state index in [-0.39, 0.29) is 11.7 Å². The normalized spacial score (nSPS) is 23.2. The number of carbonyl (C=O) groups excluding carboxylic acids is 1. The van der Waals surface area contributed by atoms with Crippen LogP contribution in [0, 0.1) is 28.6 Å². The Kier molecular flexibility index (Phi) is 5.33. The third-order valence-electron chi connectivity index (χ3n) is 4.16. The number of rotatable bonds is 2. The van der Waals surface area contributed by atoms with E-state index in [4.69, 9.17) is 10.5 Å². The van der Waals surface area contributed by atoms with Crippen LogP contribution in [0.2, 0.25) is 0 Å². The summed E-state index contributed by atoms with van der Waals surface area (Å²) in [7, 11) is 0. The van der Waals surface area contributed by atoms with Gasteiger partial charge < -0.3 is 0 Å². The van der Waals surface area contributed by atoms with Crippen LogP contribution in [0.25, 0.3) is 6.08 Å². The molecule has 1 heterocycles. The Balaban J connectivity index is 1.77. The molecule has 1 unspecified atom stereocenters. The number of Topliss-reactive ketones (excluding diaryl/α,β-unsaturated/α-hetero) is 1. The summed E-state index contributed by atoms with van der Waals surface area (Å²) in [5.74, 6) is 1.70. The molecule has 3 nitrogen and oxygen atoms in total. The maximum Gasteiger partial charge on any atom is 0.186 e. The molecule has 1 fully saturated rings. The lowest BCUT2D eigenvalue weighted by atomic mass is 9.93. The van der Waals surface area contributed by atoms with Crippen molar-refractivity contribution in [3.8, 4) is 12.1 Å². The van der Waals surface area contributed by atoms with Gasteiger partial charge in [-0.3, -0.25) is 4.79 Å². The van der Waals surface area contributed by atoms with Gasteiger partial charge in [-0.25, -0.2) is 0 Å². The van der Waals surface area contributed by atoms with Gasteiger partial charge in [-0.15, -0.1) is 0 Å². The molecular formula is C21H16N2OS.